The van der Waals surface area contributed by atoms with Crippen LogP contribution in [0.3, 0.4) is 0 Å². The van der Waals surface area contributed by atoms with Crippen LogP contribution in [0.25, 0.3) is 0 Å². The lowest BCUT2D eigenvalue weighted by Gasteiger charge is -2.39. The molecule has 0 spiro atoms. The fraction of sp³-hybridized carbons (Fsp3) is 0.379. The van der Waals surface area contributed by atoms with E-state index in [0.717, 1.165) is 48.4 Å². The number of hydrogen-bond donors (Lipinski definition) is 1. The maximum atomic E-state index is 11.3. The third-order valence-electron chi connectivity index (χ3n) is 7.72. The number of fused-ring (bicyclic) bond motifs is 2. The average Bonchev–Trinajstić information content (AvgIpc) is 3.06. The Labute approximate surface area is 227 Å². The zero-order valence-corrected chi connectivity index (χ0v) is 22.2. The van der Waals surface area contributed by atoms with Gasteiger partial charge in [0.05, 0.1) is 34.5 Å². The number of hydrogen-bond acceptors (Lipinski definition) is 6. The zero-order valence-electron chi connectivity index (χ0n) is 20.7. The Balaban J connectivity index is 1.33. The Morgan fingerprint density at radius 2 is 1.92 bits per heavy atom. The van der Waals surface area contributed by atoms with Crippen molar-refractivity contribution in [3.63, 3.8) is 0 Å². The second kappa shape index (κ2) is 10.5. The predicted octanol–water partition coefficient (Wildman–Crippen LogP) is 5.86. The van der Waals surface area contributed by atoms with Crippen LogP contribution in [0.4, 0.5) is 0 Å². The van der Waals surface area contributed by atoms with E-state index in [2.05, 4.69) is 16.0 Å². The highest BCUT2D eigenvalue weighted by molar-refractivity contribution is 6.42. The average molecular weight is 538 g/mol. The minimum absolute atomic E-state index is 0.318. The van der Waals surface area contributed by atoms with Crippen molar-refractivity contribution in [2.75, 3.05) is 26.7 Å². The highest BCUT2D eigenvalue weighted by atomic mass is 35.5. The van der Waals surface area contributed by atoms with Crippen LogP contribution >= 0.6 is 23.2 Å². The first-order valence-corrected chi connectivity index (χ1v) is 13.2. The molecule has 1 atom stereocenters. The lowest BCUT2D eigenvalue weighted by Crippen LogP contribution is -2.43. The first-order valence-electron chi connectivity index (χ1n) is 12.5. The van der Waals surface area contributed by atoms with Crippen molar-refractivity contribution in [3.8, 4) is 17.6 Å². The Bertz CT molecular complexity index is 1330. The van der Waals surface area contributed by atoms with Crippen LogP contribution in [-0.2, 0) is 17.6 Å². The molecule has 1 aromatic heterocycles. The van der Waals surface area contributed by atoms with Gasteiger partial charge in [0, 0.05) is 30.4 Å². The lowest BCUT2D eigenvalue weighted by molar-refractivity contribution is -0.0262. The summed E-state index contributed by atoms with van der Waals surface area (Å²) in [5.74, 6) is 1.37. The van der Waals surface area contributed by atoms with Crippen LogP contribution in [0.1, 0.15) is 48.1 Å². The van der Waals surface area contributed by atoms with Crippen molar-refractivity contribution in [2.45, 2.75) is 43.3 Å². The summed E-state index contributed by atoms with van der Waals surface area (Å²) in [6.45, 7) is 2.64. The van der Waals surface area contributed by atoms with E-state index in [9.17, 15) is 10.4 Å². The maximum Gasteiger partial charge on any atom is 0.131 e. The van der Waals surface area contributed by atoms with Crippen LogP contribution in [0.2, 0.25) is 10.0 Å². The second-order valence-electron chi connectivity index (χ2n) is 9.77. The normalized spacial score (nSPS) is 20.6. The lowest BCUT2D eigenvalue weighted by atomic mass is 9.71. The number of aromatic nitrogens is 1. The van der Waals surface area contributed by atoms with E-state index in [-0.39, 0.29) is 0 Å². The molecule has 5 rings (SSSR count). The van der Waals surface area contributed by atoms with E-state index in [0.29, 0.717) is 47.4 Å². The molecule has 1 saturated heterocycles. The standard InChI is InChI=1S/C29H29Cl2N3O3/c1-36-21-6-8-27-23(17-21)28(19-32,22-4-2-12-33-26(22)18-37-27)9-3-13-34-14-10-29(35,11-15-34)20-5-7-24(30)25(31)16-20/h2,4-8,12,16-17,35H,3,9-11,13-15,18H2,1H3. The number of pyridine rings is 1. The monoisotopic (exact) mass is 537 g/mol. The van der Waals surface area contributed by atoms with Crippen LogP contribution in [0.5, 0.6) is 11.5 Å². The molecule has 37 heavy (non-hydrogen) atoms. The molecule has 2 aliphatic heterocycles. The number of aliphatic hydroxyl groups is 1. The summed E-state index contributed by atoms with van der Waals surface area (Å²) in [5, 5.41) is 22.9. The van der Waals surface area contributed by atoms with Gasteiger partial charge in [-0.05, 0) is 74.2 Å². The molecule has 1 N–H and O–H groups in total. The zero-order chi connectivity index (χ0) is 26.0. The molecule has 0 saturated carbocycles. The molecule has 0 bridgehead atoms. The van der Waals surface area contributed by atoms with Gasteiger partial charge in [-0.2, -0.15) is 5.26 Å². The molecule has 3 aromatic rings. The summed E-state index contributed by atoms with van der Waals surface area (Å²) >= 11 is 12.3. The van der Waals surface area contributed by atoms with Gasteiger partial charge in [0.2, 0.25) is 0 Å². The van der Waals surface area contributed by atoms with Gasteiger partial charge in [0.1, 0.15) is 23.5 Å². The summed E-state index contributed by atoms with van der Waals surface area (Å²) in [6.07, 6.45) is 4.36. The van der Waals surface area contributed by atoms with Gasteiger partial charge >= 0.3 is 0 Å². The van der Waals surface area contributed by atoms with Crippen LogP contribution in [0.15, 0.2) is 54.7 Å². The molecule has 0 radical (unpaired) electrons. The number of halogens is 2. The first-order chi connectivity index (χ1) is 17.9. The van der Waals surface area contributed by atoms with Gasteiger partial charge in [-0.1, -0.05) is 35.3 Å². The van der Waals surface area contributed by atoms with Crippen molar-refractivity contribution in [3.05, 3.63) is 87.2 Å². The molecule has 2 aromatic carbocycles. The van der Waals surface area contributed by atoms with Crippen molar-refractivity contribution >= 4 is 23.2 Å². The van der Waals surface area contributed by atoms with E-state index >= 15 is 0 Å². The summed E-state index contributed by atoms with van der Waals surface area (Å²) in [6, 6.07) is 17.5. The van der Waals surface area contributed by atoms with E-state index in [1.54, 1.807) is 25.4 Å². The quantitative estimate of drug-likeness (QED) is 0.424. The largest absolute Gasteiger partial charge is 0.497 e. The van der Waals surface area contributed by atoms with Gasteiger partial charge < -0.3 is 19.5 Å². The van der Waals surface area contributed by atoms with Crippen LogP contribution in [-0.4, -0.2) is 41.7 Å². The molecular formula is C29H29Cl2N3O3. The molecule has 8 heteroatoms. The Morgan fingerprint density at radius 1 is 1.11 bits per heavy atom. The van der Waals surface area contributed by atoms with E-state index in [1.165, 1.54) is 0 Å². The number of nitrogens with zero attached hydrogens (tertiary/aromatic N) is 3. The third kappa shape index (κ3) is 4.89. The number of ether oxygens (including phenoxy) is 2. The summed E-state index contributed by atoms with van der Waals surface area (Å²) < 4.78 is 11.6. The first kappa shape index (κ1) is 25.8. The van der Waals surface area contributed by atoms with Crippen LogP contribution < -0.4 is 9.47 Å². The van der Waals surface area contributed by atoms with Crippen molar-refractivity contribution in [2.24, 2.45) is 0 Å². The van der Waals surface area contributed by atoms with E-state index in [4.69, 9.17) is 32.7 Å². The molecule has 0 aliphatic carbocycles. The minimum atomic E-state index is -0.919. The molecule has 1 unspecified atom stereocenters. The number of methoxy groups -OCH3 is 1. The van der Waals surface area contributed by atoms with Gasteiger partial charge in [-0.15, -0.1) is 0 Å². The Kier molecular flexibility index (Phi) is 7.33. The highest BCUT2D eigenvalue weighted by Gasteiger charge is 2.42. The second-order valence-corrected chi connectivity index (χ2v) is 10.6. The SMILES string of the molecule is COc1ccc2c(c1)C(C#N)(CCCN1CCC(O)(c3ccc(Cl)c(Cl)c3)CC1)c1cccnc1CO2. The van der Waals surface area contributed by atoms with Gasteiger partial charge in [-0.3, -0.25) is 4.98 Å². The van der Waals surface area contributed by atoms with Crippen molar-refractivity contribution in [1.29, 1.82) is 5.26 Å². The predicted molar refractivity (Wildman–Crippen MR) is 143 cm³/mol. The highest BCUT2D eigenvalue weighted by Crippen LogP contribution is 2.46. The number of rotatable bonds is 6. The Hall–Kier alpha value is -2.82. The fourth-order valence-corrected chi connectivity index (χ4v) is 5.86. The van der Waals surface area contributed by atoms with Gasteiger partial charge in [-0.25, -0.2) is 0 Å². The molecule has 192 valence electrons. The van der Waals surface area contributed by atoms with Crippen molar-refractivity contribution in [1.82, 2.24) is 9.88 Å². The molecule has 6 nitrogen and oxygen atoms in total. The molecule has 1 fully saturated rings. The smallest absolute Gasteiger partial charge is 0.131 e. The maximum absolute atomic E-state index is 11.3. The fourth-order valence-electron chi connectivity index (χ4n) is 5.56. The summed E-state index contributed by atoms with van der Waals surface area (Å²) in [7, 11) is 1.62. The van der Waals surface area contributed by atoms with Crippen LogP contribution in [0, 0.1) is 11.3 Å². The summed E-state index contributed by atoms with van der Waals surface area (Å²) in [4.78, 5) is 6.89. The number of piperidine rings is 1. The third-order valence-corrected chi connectivity index (χ3v) is 8.46. The Morgan fingerprint density at radius 3 is 2.65 bits per heavy atom. The molecule has 0 amide bonds. The van der Waals surface area contributed by atoms with Crippen molar-refractivity contribution < 1.29 is 14.6 Å². The summed E-state index contributed by atoms with van der Waals surface area (Å²) in [5.41, 5.74) is 1.46. The topological polar surface area (TPSA) is 78.6 Å². The number of nitriles is 1. The molecule has 2 aliphatic rings. The minimum Gasteiger partial charge on any atom is -0.497 e. The van der Waals surface area contributed by atoms with E-state index < -0.39 is 11.0 Å². The molecule has 3 heterocycles. The number of likely N-dealkylation sites (tertiary alicyclic amines) is 1. The van der Waals surface area contributed by atoms with Gasteiger partial charge in [0.25, 0.3) is 0 Å². The number of benzene rings is 2. The van der Waals surface area contributed by atoms with Gasteiger partial charge in [0.15, 0.2) is 0 Å². The van der Waals surface area contributed by atoms with E-state index in [1.807, 2.05) is 36.4 Å². The molecular weight excluding hydrogens is 509 g/mol.